The minimum Gasteiger partial charge on any atom is -0.306 e. The number of aryl methyl sites for hydroxylation is 1. The van der Waals surface area contributed by atoms with E-state index in [4.69, 9.17) is 0 Å². The molecule has 0 aliphatic heterocycles. The maximum Gasteiger partial charge on any atom is 0.416 e. The molecule has 2 nitrogen and oxygen atoms in total. The molecule has 0 saturated carbocycles. The van der Waals surface area contributed by atoms with Crippen molar-refractivity contribution in [2.24, 2.45) is 0 Å². The summed E-state index contributed by atoms with van der Waals surface area (Å²) >= 11 is 1.52. The summed E-state index contributed by atoms with van der Waals surface area (Å²) in [4.78, 5) is 5.31. The number of hydrogen-bond acceptors (Lipinski definition) is 3. The zero-order chi connectivity index (χ0) is 15.5. The Labute approximate surface area is 123 Å². The molecule has 0 bridgehead atoms. The number of rotatable bonds is 5. The van der Waals surface area contributed by atoms with Crippen LogP contribution in [0.25, 0.3) is 0 Å². The average molecular weight is 318 g/mol. The normalized spacial score (nSPS) is 11.9. The van der Waals surface area contributed by atoms with Gasteiger partial charge in [0.15, 0.2) is 0 Å². The van der Waals surface area contributed by atoms with Gasteiger partial charge in [-0.1, -0.05) is 13.0 Å². The third-order valence-electron chi connectivity index (χ3n) is 2.92. The maximum absolute atomic E-state index is 13.0. The fourth-order valence-electron chi connectivity index (χ4n) is 1.86. The van der Waals surface area contributed by atoms with E-state index in [1.807, 2.05) is 6.92 Å². The van der Waals surface area contributed by atoms with E-state index in [2.05, 4.69) is 10.3 Å². The molecule has 1 aromatic heterocycles. The standard InChI is InChI=1S/C14H14F4N2S/c1-2-11-7-20-13(21-11)8-19-6-9-3-4-10(15)5-12(9)14(16,17)18/h3-5,7,19H,2,6,8H2,1H3. The van der Waals surface area contributed by atoms with Crippen molar-refractivity contribution in [3.8, 4) is 0 Å². The van der Waals surface area contributed by atoms with Crippen LogP contribution >= 0.6 is 11.3 Å². The average Bonchev–Trinajstić information content (AvgIpc) is 2.87. The molecule has 0 aliphatic carbocycles. The Hall–Kier alpha value is -1.47. The van der Waals surface area contributed by atoms with E-state index in [1.165, 1.54) is 11.3 Å². The van der Waals surface area contributed by atoms with Crippen LogP contribution in [0.4, 0.5) is 17.6 Å². The Morgan fingerprint density at radius 1 is 1.24 bits per heavy atom. The number of hydrogen-bond donors (Lipinski definition) is 1. The molecule has 0 radical (unpaired) electrons. The minimum atomic E-state index is -4.56. The van der Waals surface area contributed by atoms with Crippen LogP contribution in [0.3, 0.4) is 0 Å². The van der Waals surface area contributed by atoms with Gasteiger partial charge < -0.3 is 5.32 Å². The van der Waals surface area contributed by atoms with E-state index in [-0.39, 0.29) is 12.1 Å². The van der Waals surface area contributed by atoms with Gasteiger partial charge in [-0.15, -0.1) is 11.3 Å². The highest BCUT2D eigenvalue weighted by Crippen LogP contribution is 2.32. The molecule has 2 rings (SSSR count). The summed E-state index contributed by atoms with van der Waals surface area (Å²) in [7, 11) is 0. The van der Waals surface area contributed by atoms with Crippen LogP contribution < -0.4 is 5.32 Å². The molecular weight excluding hydrogens is 304 g/mol. The van der Waals surface area contributed by atoms with E-state index in [0.717, 1.165) is 28.4 Å². The summed E-state index contributed by atoms with van der Waals surface area (Å²) in [5.41, 5.74) is -0.917. The largest absolute Gasteiger partial charge is 0.416 e. The molecule has 0 atom stereocenters. The lowest BCUT2D eigenvalue weighted by atomic mass is 10.1. The van der Waals surface area contributed by atoms with Gasteiger partial charge in [0, 0.05) is 24.2 Å². The summed E-state index contributed by atoms with van der Waals surface area (Å²) in [6, 6.07) is 2.71. The van der Waals surface area contributed by atoms with Gasteiger partial charge in [0.25, 0.3) is 0 Å². The molecule has 1 heterocycles. The second-order valence-corrected chi connectivity index (χ2v) is 5.68. The quantitative estimate of drug-likeness (QED) is 0.838. The van der Waals surface area contributed by atoms with Gasteiger partial charge in [0.2, 0.25) is 0 Å². The molecule has 0 spiro atoms. The summed E-state index contributed by atoms with van der Waals surface area (Å²) in [6.45, 7) is 2.41. The van der Waals surface area contributed by atoms with Crippen LogP contribution in [0.1, 0.15) is 27.9 Å². The summed E-state index contributed by atoms with van der Waals surface area (Å²) < 4.78 is 51.4. The number of thiazole rings is 1. The van der Waals surface area contributed by atoms with Gasteiger partial charge >= 0.3 is 6.18 Å². The predicted molar refractivity (Wildman–Crippen MR) is 73.4 cm³/mol. The zero-order valence-electron chi connectivity index (χ0n) is 11.3. The third-order valence-corrected chi connectivity index (χ3v) is 4.06. The van der Waals surface area contributed by atoms with Crippen LogP contribution in [0.2, 0.25) is 0 Å². The van der Waals surface area contributed by atoms with Crippen molar-refractivity contribution in [3.63, 3.8) is 0 Å². The lowest BCUT2D eigenvalue weighted by molar-refractivity contribution is -0.138. The molecule has 114 valence electrons. The van der Waals surface area contributed by atoms with Gasteiger partial charge in [-0.2, -0.15) is 13.2 Å². The minimum absolute atomic E-state index is 0.0101. The number of nitrogens with zero attached hydrogens (tertiary/aromatic N) is 1. The molecule has 1 N–H and O–H groups in total. The SMILES string of the molecule is CCc1cnc(CNCc2ccc(F)cc2C(F)(F)F)s1. The topological polar surface area (TPSA) is 24.9 Å². The molecule has 0 aliphatic rings. The molecule has 21 heavy (non-hydrogen) atoms. The first-order chi connectivity index (χ1) is 9.90. The monoisotopic (exact) mass is 318 g/mol. The van der Waals surface area contributed by atoms with Crippen LogP contribution in [-0.4, -0.2) is 4.98 Å². The fourth-order valence-corrected chi connectivity index (χ4v) is 2.70. The first-order valence-corrected chi connectivity index (χ1v) is 7.21. The lowest BCUT2D eigenvalue weighted by Crippen LogP contribution is -2.17. The highest BCUT2D eigenvalue weighted by Gasteiger charge is 2.33. The number of aromatic nitrogens is 1. The van der Waals surface area contributed by atoms with E-state index >= 15 is 0 Å². The van der Waals surface area contributed by atoms with Gasteiger partial charge in [-0.05, 0) is 24.1 Å². The van der Waals surface area contributed by atoms with Gasteiger partial charge in [0.05, 0.1) is 5.56 Å². The fraction of sp³-hybridized carbons (Fsp3) is 0.357. The first kappa shape index (κ1) is 15.9. The molecule has 0 saturated heterocycles. The van der Waals surface area contributed by atoms with E-state index in [1.54, 1.807) is 6.20 Å². The van der Waals surface area contributed by atoms with Crippen molar-refractivity contribution in [2.45, 2.75) is 32.6 Å². The predicted octanol–water partition coefficient (Wildman–Crippen LogP) is 4.15. The molecule has 0 fully saturated rings. The van der Waals surface area contributed by atoms with Crippen LogP contribution in [0, 0.1) is 5.82 Å². The zero-order valence-corrected chi connectivity index (χ0v) is 12.1. The molecule has 0 amide bonds. The number of nitrogens with one attached hydrogen (secondary N) is 1. The first-order valence-electron chi connectivity index (χ1n) is 6.40. The molecular formula is C14H14F4N2S. The highest BCUT2D eigenvalue weighted by molar-refractivity contribution is 7.11. The van der Waals surface area contributed by atoms with Gasteiger partial charge in [-0.25, -0.2) is 9.37 Å². The summed E-state index contributed by atoms with van der Waals surface area (Å²) in [5, 5.41) is 3.73. The van der Waals surface area contributed by atoms with Crippen LogP contribution in [0.5, 0.6) is 0 Å². The van der Waals surface area contributed by atoms with Gasteiger partial charge in [-0.3, -0.25) is 0 Å². The summed E-state index contributed by atoms with van der Waals surface area (Å²) in [6.07, 6.45) is -1.91. The van der Waals surface area contributed by atoms with E-state index < -0.39 is 17.6 Å². The highest BCUT2D eigenvalue weighted by atomic mass is 32.1. The summed E-state index contributed by atoms with van der Waals surface area (Å²) in [5.74, 6) is -0.890. The van der Waals surface area contributed by atoms with Crippen LogP contribution in [-0.2, 0) is 25.7 Å². The van der Waals surface area contributed by atoms with Crippen LogP contribution in [0.15, 0.2) is 24.4 Å². The number of benzene rings is 1. The van der Waals surface area contributed by atoms with Crippen molar-refractivity contribution in [2.75, 3.05) is 0 Å². The molecule has 1 aromatic carbocycles. The Bertz CT molecular complexity index is 607. The maximum atomic E-state index is 13.0. The Morgan fingerprint density at radius 2 is 2.00 bits per heavy atom. The second kappa shape index (κ2) is 6.53. The second-order valence-electron chi connectivity index (χ2n) is 4.48. The van der Waals surface area contributed by atoms with E-state index in [9.17, 15) is 17.6 Å². The van der Waals surface area contributed by atoms with Crippen molar-refractivity contribution in [3.05, 3.63) is 51.2 Å². The Balaban J connectivity index is 2.03. The van der Waals surface area contributed by atoms with Crippen molar-refractivity contribution >= 4 is 11.3 Å². The Kier molecular flexibility index (Phi) is 4.95. The van der Waals surface area contributed by atoms with Crippen molar-refractivity contribution in [1.29, 1.82) is 0 Å². The number of halogens is 4. The molecule has 0 unspecified atom stereocenters. The van der Waals surface area contributed by atoms with Crippen molar-refractivity contribution in [1.82, 2.24) is 10.3 Å². The van der Waals surface area contributed by atoms with E-state index in [0.29, 0.717) is 12.6 Å². The lowest BCUT2D eigenvalue weighted by Gasteiger charge is -2.13. The molecule has 7 heteroatoms. The van der Waals surface area contributed by atoms with Crippen molar-refractivity contribution < 1.29 is 17.6 Å². The molecule has 2 aromatic rings. The third kappa shape index (κ3) is 4.25. The Morgan fingerprint density at radius 3 is 2.62 bits per heavy atom. The number of alkyl halides is 3. The smallest absolute Gasteiger partial charge is 0.306 e. The van der Waals surface area contributed by atoms with Gasteiger partial charge in [0.1, 0.15) is 10.8 Å².